The van der Waals surface area contributed by atoms with Crippen LogP contribution >= 0.6 is 0 Å². The highest BCUT2D eigenvalue weighted by atomic mass is 16.6. The van der Waals surface area contributed by atoms with E-state index in [-0.39, 0.29) is 17.9 Å². The largest absolute Gasteiger partial charge is 0.456 e. The predicted octanol–water partition coefficient (Wildman–Crippen LogP) is 2.65. The van der Waals surface area contributed by atoms with E-state index in [1.165, 1.54) is 0 Å². The van der Waals surface area contributed by atoms with Crippen molar-refractivity contribution in [2.24, 2.45) is 0 Å². The Morgan fingerprint density at radius 1 is 1.20 bits per heavy atom. The molecule has 0 spiro atoms. The third kappa shape index (κ3) is 4.26. The van der Waals surface area contributed by atoms with E-state index >= 15 is 0 Å². The van der Waals surface area contributed by atoms with E-state index in [9.17, 15) is 9.59 Å². The van der Waals surface area contributed by atoms with Crippen LogP contribution in [0.2, 0.25) is 0 Å². The number of nitrogens with one attached hydrogen (secondary N) is 2. The van der Waals surface area contributed by atoms with Gasteiger partial charge in [-0.2, -0.15) is 5.10 Å². The summed E-state index contributed by atoms with van der Waals surface area (Å²) in [6.45, 7) is 5.47. The molecule has 2 N–H and O–H groups in total. The number of carbonyl (C=O) groups is 2. The number of amides is 1. The number of aromatic amines is 1. The van der Waals surface area contributed by atoms with Crippen LogP contribution in [-0.2, 0) is 17.6 Å². The molecule has 6 nitrogen and oxygen atoms in total. The van der Waals surface area contributed by atoms with Crippen molar-refractivity contribution in [2.75, 3.05) is 0 Å². The van der Waals surface area contributed by atoms with Crippen LogP contribution in [0.4, 0.5) is 0 Å². The number of benzene rings is 1. The molecule has 0 bridgehead atoms. The molecule has 1 unspecified atom stereocenters. The minimum absolute atomic E-state index is 0.100. The normalized spacial score (nSPS) is 16.8. The molecule has 0 radical (unpaired) electrons. The van der Waals surface area contributed by atoms with Crippen molar-refractivity contribution in [3.8, 4) is 0 Å². The molecule has 1 heterocycles. The van der Waals surface area contributed by atoms with E-state index in [1.54, 1.807) is 24.3 Å². The number of carbonyl (C=O) groups excluding carboxylic acids is 2. The molecule has 0 aliphatic heterocycles. The number of rotatable bonds is 3. The van der Waals surface area contributed by atoms with Crippen LogP contribution in [0.5, 0.6) is 0 Å². The number of aryl methyl sites for hydroxylation is 1. The van der Waals surface area contributed by atoms with Crippen LogP contribution in [-0.4, -0.2) is 33.7 Å². The van der Waals surface area contributed by atoms with Gasteiger partial charge in [0.05, 0.1) is 11.8 Å². The van der Waals surface area contributed by atoms with E-state index in [1.807, 2.05) is 27.0 Å². The molecule has 6 heteroatoms. The van der Waals surface area contributed by atoms with Gasteiger partial charge >= 0.3 is 5.97 Å². The molecule has 0 saturated carbocycles. The monoisotopic (exact) mass is 341 g/mol. The lowest BCUT2D eigenvalue weighted by atomic mass is 9.93. The lowest BCUT2D eigenvalue weighted by Gasteiger charge is -2.23. The fourth-order valence-electron chi connectivity index (χ4n) is 2.90. The lowest BCUT2D eigenvalue weighted by Crippen LogP contribution is -2.38. The molecular weight excluding hydrogens is 318 g/mol. The van der Waals surface area contributed by atoms with Gasteiger partial charge in [-0.1, -0.05) is 0 Å². The molecule has 1 amide bonds. The van der Waals surface area contributed by atoms with Gasteiger partial charge in [0.25, 0.3) is 5.91 Å². The summed E-state index contributed by atoms with van der Waals surface area (Å²) >= 11 is 0. The maximum absolute atomic E-state index is 12.4. The molecule has 2 aromatic rings. The fourth-order valence-corrected chi connectivity index (χ4v) is 2.90. The summed E-state index contributed by atoms with van der Waals surface area (Å²) in [5, 5.41) is 10.1. The smallest absolute Gasteiger partial charge is 0.338 e. The van der Waals surface area contributed by atoms with Crippen molar-refractivity contribution in [3.05, 3.63) is 52.8 Å². The molecule has 0 saturated heterocycles. The summed E-state index contributed by atoms with van der Waals surface area (Å²) in [5.41, 5.74) is 2.75. The SMILES string of the molecule is CC(C)(C)OC(=O)c1ccc(C(=O)NC2CCc3[nH]ncc3C2)cc1. The topological polar surface area (TPSA) is 84.1 Å². The molecule has 1 aliphatic carbocycles. The summed E-state index contributed by atoms with van der Waals surface area (Å²) in [7, 11) is 0. The lowest BCUT2D eigenvalue weighted by molar-refractivity contribution is 0.00693. The number of esters is 1. The number of fused-ring (bicyclic) bond motifs is 1. The summed E-state index contributed by atoms with van der Waals surface area (Å²) in [4.78, 5) is 24.4. The van der Waals surface area contributed by atoms with Gasteiger partial charge < -0.3 is 10.1 Å². The van der Waals surface area contributed by atoms with Gasteiger partial charge in [-0.3, -0.25) is 9.89 Å². The van der Waals surface area contributed by atoms with Gasteiger partial charge in [-0.15, -0.1) is 0 Å². The third-order valence-corrected chi connectivity index (χ3v) is 4.13. The zero-order valence-corrected chi connectivity index (χ0v) is 14.8. The van der Waals surface area contributed by atoms with Crippen molar-refractivity contribution in [3.63, 3.8) is 0 Å². The van der Waals surface area contributed by atoms with Crippen molar-refractivity contribution in [2.45, 2.75) is 51.7 Å². The molecule has 3 rings (SSSR count). The second-order valence-corrected chi connectivity index (χ2v) is 7.37. The Bertz CT molecular complexity index is 772. The molecule has 0 fully saturated rings. The van der Waals surface area contributed by atoms with Crippen molar-refractivity contribution >= 4 is 11.9 Å². The van der Waals surface area contributed by atoms with Crippen molar-refractivity contribution in [1.29, 1.82) is 0 Å². The van der Waals surface area contributed by atoms with E-state index < -0.39 is 5.60 Å². The van der Waals surface area contributed by atoms with E-state index in [0.29, 0.717) is 11.1 Å². The summed E-state index contributed by atoms with van der Waals surface area (Å²) in [5.74, 6) is -0.521. The second-order valence-electron chi connectivity index (χ2n) is 7.37. The Hall–Kier alpha value is -2.63. The van der Waals surface area contributed by atoms with Crippen molar-refractivity contribution in [1.82, 2.24) is 15.5 Å². The first kappa shape index (κ1) is 17.2. The first-order valence-corrected chi connectivity index (χ1v) is 8.47. The van der Waals surface area contributed by atoms with Crippen molar-refractivity contribution < 1.29 is 14.3 Å². The maximum Gasteiger partial charge on any atom is 0.338 e. The Kier molecular flexibility index (Phi) is 4.61. The van der Waals surface area contributed by atoms with Crippen LogP contribution in [0.1, 0.15) is 59.2 Å². The molecule has 1 aromatic heterocycles. The van der Waals surface area contributed by atoms with Crippen LogP contribution in [0.15, 0.2) is 30.5 Å². The van der Waals surface area contributed by atoms with Crippen LogP contribution < -0.4 is 5.32 Å². The second kappa shape index (κ2) is 6.70. The number of nitrogens with zero attached hydrogens (tertiary/aromatic N) is 1. The highest BCUT2D eigenvalue weighted by molar-refractivity contribution is 5.96. The van der Waals surface area contributed by atoms with Gasteiger partial charge in [-0.05, 0) is 69.9 Å². The summed E-state index contributed by atoms with van der Waals surface area (Å²) in [6.07, 6.45) is 4.38. The average molecular weight is 341 g/mol. The Balaban J connectivity index is 1.61. The molecular formula is C19H23N3O3. The molecule has 1 atom stereocenters. The third-order valence-electron chi connectivity index (χ3n) is 4.13. The fraction of sp³-hybridized carbons (Fsp3) is 0.421. The van der Waals surface area contributed by atoms with E-state index in [2.05, 4.69) is 15.5 Å². The summed E-state index contributed by atoms with van der Waals surface area (Å²) < 4.78 is 5.32. The molecule has 1 aromatic carbocycles. The standard InChI is InChI=1S/C19H23N3O3/c1-19(2,3)25-18(24)13-6-4-12(5-7-13)17(23)21-15-8-9-16-14(10-15)11-20-22-16/h4-7,11,15H,8-10H2,1-3H3,(H,20,22)(H,21,23). The zero-order valence-electron chi connectivity index (χ0n) is 14.8. The zero-order chi connectivity index (χ0) is 18.0. The average Bonchev–Trinajstić information content (AvgIpc) is 3.01. The molecule has 132 valence electrons. The predicted molar refractivity (Wildman–Crippen MR) is 93.5 cm³/mol. The minimum atomic E-state index is -0.542. The van der Waals surface area contributed by atoms with Crippen LogP contribution in [0.25, 0.3) is 0 Å². The van der Waals surface area contributed by atoms with Crippen LogP contribution in [0.3, 0.4) is 0 Å². The molecule has 1 aliphatic rings. The number of ether oxygens (including phenoxy) is 1. The van der Waals surface area contributed by atoms with E-state index in [0.717, 1.165) is 30.5 Å². The number of hydrogen-bond acceptors (Lipinski definition) is 4. The van der Waals surface area contributed by atoms with Gasteiger partial charge in [0.2, 0.25) is 0 Å². The Morgan fingerprint density at radius 2 is 1.88 bits per heavy atom. The Morgan fingerprint density at radius 3 is 2.56 bits per heavy atom. The van der Waals surface area contributed by atoms with Gasteiger partial charge in [0, 0.05) is 17.3 Å². The van der Waals surface area contributed by atoms with Crippen LogP contribution in [0, 0.1) is 0 Å². The number of H-pyrrole nitrogens is 1. The summed E-state index contributed by atoms with van der Waals surface area (Å²) in [6, 6.07) is 6.65. The first-order chi connectivity index (χ1) is 11.8. The highest BCUT2D eigenvalue weighted by Gasteiger charge is 2.22. The van der Waals surface area contributed by atoms with Gasteiger partial charge in [0.1, 0.15) is 5.60 Å². The minimum Gasteiger partial charge on any atom is -0.456 e. The van der Waals surface area contributed by atoms with Gasteiger partial charge in [0.15, 0.2) is 0 Å². The maximum atomic E-state index is 12.4. The van der Waals surface area contributed by atoms with Gasteiger partial charge in [-0.25, -0.2) is 4.79 Å². The van der Waals surface area contributed by atoms with E-state index in [4.69, 9.17) is 4.74 Å². The first-order valence-electron chi connectivity index (χ1n) is 8.47. The molecule has 25 heavy (non-hydrogen) atoms. The quantitative estimate of drug-likeness (QED) is 0.841. The number of aromatic nitrogens is 2. The number of hydrogen-bond donors (Lipinski definition) is 2. The highest BCUT2D eigenvalue weighted by Crippen LogP contribution is 2.19. The Labute approximate surface area is 147 Å².